The third-order valence-electron chi connectivity index (χ3n) is 2.65. The first-order valence-electron chi connectivity index (χ1n) is 6.02. The third-order valence-corrected chi connectivity index (χ3v) is 2.65. The average Bonchev–Trinajstić information content (AvgIpc) is 2.80. The summed E-state index contributed by atoms with van der Waals surface area (Å²) in [5, 5.41) is 3.64. The van der Waals surface area contributed by atoms with Gasteiger partial charge in [0.25, 0.3) is 0 Å². The molecule has 0 saturated heterocycles. The number of hydrogen-bond donors (Lipinski definition) is 1. The lowest BCUT2D eigenvalue weighted by molar-refractivity contribution is 0.335. The molecule has 19 heavy (non-hydrogen) atoms. The van der Waals surface area contributed by atoms with Crippen LogP contribution in [0.25, 0.3) is 11.4 Å². The molecule has 102 valence electrons. The molecular weight excluding hydrogens is 252 g/mol. The predicted molar refractivity (Wildman–Crippen MR) is 66.0 cm³/mol. The highest BCUT2D eigenvalue weighted by Gasteiger charge is 2.18. The predicted octanol–water partition coefficient (Wildman–Crippen LogP) is 3.06. The van der Waals surface area contributed by atoms with Crippen LogP contribution in [0, 0.1) is 17.6 Å². The first-order valence-corrected chi connectivity index (χ1v) is 6.02. The Kier molecular flexibility index (Phi) is 3.90. The van der Waals surface area contributed by atoms with Gasteiger partial charge in [0.15, 0.2) is 0 Å². The number of hydrogen-bond acceptors (Lipinski definition) is 4. The minimum absolute atomic E-state index is 0.00575. The SMILES string of the molecule is CC(C)C[C@@H](N)c1nc(-c2cc(F)ccc2F)no1. The van der Waals surface area contributed by atoms with Crippen molar-refractivity contribution in [3.8, 4) is 11.4 Å². The number of aromatic nitrogens is 2. The van der Waals surface area contributed by atoms with Gasteiger partial charge in [-0.1, -0.05) is 19.0 Å². The quantitative estimate of drug-likeness (QED) is 0.924. The van der Waals surface area contributed by atoms with Gasteiger partial charge < -0.3 is 10.3 Å². The van der Waals surface area contributed by atoms with Crippen LogP contribution in [-0.4, -0.2) is 10.1 Å². The van der Waals surface area contributed by atoms with Crippen molar-refractivity contribution in [2.24, 2.45) is 11.7 Å². The van der Waals surface area contributed by atoms with E-state index in [0.29, 0.717) is 12.3 Å². The monoisotopic (exact) mass is 267 g/mol. The number of nitrogens with two attached hydrogens (primary N) is 1. The first kappa shape index (κ1) is 13.6. The van der Waals surface area contributed by atoms with Gasteiger partial charge in [-0.15, -0.1) is 0 Å². The minimum Gasteiger partial charge on any atom is -0.337 e. The molecule has 1 aromatic carbocycles. The van der Waals surface area contributed by atoms with Crippen LogP contribution in [0.2, 0.25) is 0 Å². The highest BCUT2D eigenvalue weighted by Crippen LogP contribution is 2.24. The standard InChI is InChI=1S/C13H15F2N3O/c1-7(2)5-11(16)13-17-12(18-19-13)9-6-8(14)3-4-10(9)15/h3-4,6-7,11H,5,16H2,1-2H3/t11-/m1/s1. The largest absolute Gasteiger partial charge is 0.337 e. The van der Waals surface area contributed by atoms with Crippen LogP contribution < -0.4 is 5.73 Å². The van der Waals surface area contributed by atoms with Crippen molar-refractivity contribution in [1.29, 1.82) is 0 Å². The summed E-state index contributed by atoms with van der Waals surface area (Å²) in [6, 6.07) is 2.68. The van der Waals surface area contributed by atoms with E-state index in [1.807, 2.05) is 13.8 Å². The van der Waals surface area contributed by atoms with Gasteiger partial charge in [-0.2, -0.15) is 4.98 Å². The topological polar surface area (TPSA) is 64.9 Å². The van der Waals surface area contributed by atoms with Gasteiger partial charge in [0, 0.05) is 0 Å². The molecule has 4 nitrogen and oxygen atoms in total. The number of halogens is 2. The van der Waals surface area contributed by atoms with E-state index in [4.69, 9.17) is 10.3 Å². The van der Waals surface area contributed by atoms with Gasteiger partial charge in [0.2, 0.25) is 11.7 Å². The zero-order valence-corrected chi connectivity index (χ0v) is 10.7. The van der Waals surface area contributed by atoms with E-state index in [9.17, 15) is 8.78 Å². The summed E-state index contributed by atoms with van der Waals surface area (Å²) in [6.07, 6.45) is 0.674. The first-order chi connectivity index (χ1) is 8.97. The number of rotatable bonds is 4. The van der Waals surface area contributed by atoms with Gasteiger partial charge in [0.05, 0.1) is 11.6 Å². The molecule has 2 N–H and O–H groups in total. The molecule has 1 aromatic heterocycles. The van der Waals surface area contributed by atoms with Crippen molar-refractivity contribution in [2.75, 3.05) is 0 Å². The van der Waals surface area contributed by atoms with Gasteiger partial charge in [-0.3, -0.25) is 0 Å². The summed E-state index contributed by atoms with van der Waals surface area (Å²) in [6.45, 7) is 4.03. The molecule has 0 bridgehead atoms. The van der Waals surface area contributed by atoms with Gasteiger partial charge in [0.1, 0.15) is 11.6 Å². The van der Waals surface area contributed by atoms with Crippen LogP contribution in [0.1, 0.15) is 32.2 Å². The highest BCUT2D eigenvalue weighted by molar-refractivity contribution is 5.55. The van der Waals surface area contributed by atoms with Crippen LogP contribution in [0.5, 0.6) is 0 Å². The maximum Gasteiger partial charge on any atom is 0.243 e. The third kappa shape index (κ3) is 3.14. The molecular formula is C13H15F2N3O. The molecule has 1 atom stereocenters. The lowest BCUT2D eigenvalue weighted by atomic mass is 10.0. The zero-order chi connectivity index (χ0) is 14.0. The zero-order valence-electron chi connectivity index (χ0n) is 10.7. The number of benzene rings is 1. The second-order valence-corrected chi connectivity index (χ2v) is 4.82. The summed E-state index contributed by atoms with van der Waals surface area (Å²) in [7, 11) is 0. The summed E-state index contributed by atoms with van der Waals surface area (Å²) in [5.41, 5.74) is 5.86. The van der Waals surface area contributed by atoms with Gasteiger partial charge in [-0.25, -0.2) is 8.78 Å². The van der Waals surface area contributed by atoms with Gasteiger partial charge >= 0.3 is 0 Å². The summed E-state index contributed by atoms with van der Waals surface area (Å²) >= 11 is 0. The van der Waals surface area contributed by atoms with Crippen molar-refractivity contribution < 1.29 is 13.3 Å². The van der Waals surface area contributed by atoms with Gasteiger partial charge in [-0.05, 0) is 30.5 Å². The molecule has 6 heteroatoms. The van der Waals surface area contributed by atoms with Crippen molar-refractivity contribution in [1.82, 2.24) is 10.1 Å². The normalized spacial score (nSPS) is 12.9. The molecule has 0 aliphatic carbocycles. The Hall–Kier alpha value is -1.82. The molecule has 2 rings (SSSR count). The molecule has 0 radical (unpaired) electrons. The fraction of sp³-hybridized carbons (Fsp3) is 0.385. The Bertz CT molecular complexity index is 569. The molecule has 2 aromatic rings. The molecule has 0 fully saturated rings. The molecule has 0 aliphatic heterocycles. The van der Waals surface area contributed by atoms with E-state index in [1.165, 1.54) is 0 Å². The fourth-order valence-corrected chi connectivity index (χ4v) is 1.77. The second-order valence-electron chi connectivity index (χ2n) is 4.82. The minimum atomic E-state index is -0.605. The van der Waals surface area contributed by atoms with E-state index in [2.05, 4.69) is 10.1 Å². The van der Waals surface area contributed by atoms with Crippen molar-refractivity contribution in [2.45, 2.75) is 26.3 Å². The second kappa shape index (κ2) is 5.44. The van der Waals surface area contributed by atoms with E-state index < -0.39 is 17.7 Å². The maximum atomic E-state index is 13.6. The van der Waals surface area contributed by atoms with Crippen molar-refractivity contribution in [3.05, 3.63) is 35.7 Å². The number of nitrogens with zero attached hydrogens (tertiary/aromatic N) is 2. The van der Waals surface area contributed by atoms with Crippen LogP contribution in [-0.2, 0) is 0 Å². The van der Waals surface area contributed by atoms with Crippen molar-refractivity contribution >= 4 is 0 Å². The maximum absolute atomic E-state index is 13.6. The Morgan fingerprint density at radius 2 is 2.05 bits per heavy atom. The van der Waals surface area contributed by atoms with E-state index in [1.54, 1.807) is 0 Å². The van der Waals surface area contributed by atoms with E-state index in [-0.39, 0.29) is 17.3 Å². The molecule has 0 spiro atoms. The Balaban J connectivity index is 2.28. The summed E-state index contributed by atoms with van der Waals surface area (Å²) in [5.74, 6) is -0.560. The Morgan fingerprint density at radius 3 is 2.74 bits per heavy atom. The average molecular weight is 267 g/mol. The molecule has 0 saturated carbocycles. The van der Waals surface area contributed by atoms with Crippen LogP contribution in [0.3, 0.4) is 0 Å². The Labute approximate surface area is 109 Å². The molecule has 1 heterocycles. The van der Waals surface area contributed by atoms with Crippen LogP contribution in [0.4, 0.5) is 8.78 Å². The van der Waals surface area contributed by atoms with Crippen LogP contribution in [0.15, 0.2) is 22.7 Å². The molecule has 0 unspecified atom stereocenters. The highest BCUT2D eigenvalue weighted by atomic mass is 19.1. The smallest absolute Gasteiger partial charge is 0.243 e. The van der Waals surface area contributed by atoms with Crippen LogP contribution >= 0.6 is 0 Å². The lowest BCUT2D eigenvalue weighted by Gasteiger charge is -2.08. The summed E-state index contributed by atoms with van der Waals surface area (Å²) < 4.78 is 31.7. The van der Waals surface area contributed by atoms with E-state index >= 15 is 0 Å². The lowest BCUT2D eigenvalue weighted by Crippen LogP contribution is -2.13. The molecule has 0 amide bonds. The molecule has 0 aliphatic rings. The van der Waals surface area contributed by atoms with Crippen molar-refractivity contribution in [3.63, 3.8) is 0 Å². The Morgan fingerprint density at radius 1 is 1.32 bits per heavy atom. The van der Waals surface area contributed by atoms with E-state index in [0.717, 1.165) is 18.2 Å². The fourth-order valence-electron chi connectivity index (χ4n) is 1.77. The summed E-state index contributed by atoms with van der Waals surface area (Å²) in [4.78, 5) is 4.03.